The van der Waals surface area contributed by atoms with E-state index in [2.05, 4.69) is 16.1 Å². The first-order valence-electron chi connectivity index (χ1n) is 4.82. The summed E-state index contributed by atoms with van der Waals surface area (Å²) in [5.74, 6) is 2.00. The quantitative estimate of drug-likeness (QED) is 0.717. The predicted octanol–water partition coefficient (Wildman–Crippen LogP) is 2.08. The zero-order chi connectivity index (χ0) is 11.3. The van der Waals surface area contributed by atoms with Crippen LogP contribution < -0.4 is 4.90 Å². The number of carbonyl (C=O) groups excluding carboxylic acids is 1. The summed E-state index contributed by atoms with van der Waals surface area (Å²) in [6.07, 6.45) is 3.76. The van der Waals surface area contributed by atoms with Crippen molar-refractivity contribution >= 4 is 23.4 Å². The van der Waals surface area contributed by atoms with Crippen molar-refractivity contribution in [3.8, 4) is 0 Å². The summed E-state index contributed by atoms with van der Waals surface area (Å²) in [6.45, 7) is 2.51. The molecule has 0 unspecified atom stereocenters. The van der Waals surface area contributed by atoms with Crippen LogP contribution in [0.4, 0.5) is 5.82 Å². The predicted molar refractivity (Wildman–Crippen MR) is 65.9 cm³/mol. The van der Waals surface area contributed by atoms with Crippen LogP contribution in [0, 0.1) is 0 Å². The molecule has 0 aliphatic heterocycles. The maximum Gasteiger partial charge on any atom is 0.159 e. The van der Waals surface area contributed by atoms with Crippen LogP contribution in [-0.4, -0.2) is 36.4 Å². The summed E-state index contributed by atoms with van der Waals surface area (Å²) in [5, 5.41) is 0. The Hall–Kier alpha value is -1.03. The van der Waals surface area contributed by atoms with Crippen LogP contribution in [0.2, 0.25) is 0 Å². The van der Waals surface area contributed by atoms with Crippen molar-refractivity contribution in [2.45, 2.75) is 6.92 Å². The van der Waals surface area contributed by atoms with Crippen LogP contribution in [-0.2, 0) is 0 Å². The lowest BCUT2D eigenvalue weighted by Crippen LogP contribution is -2.21. The zero-order valence-corrected chi connectivity index (χ0v) is 10.2. The van der Waals surface area contributed by atoms with E-state index in [4.69, 9.17) is 0 Å². The van der Waals surface area contributed by atoms with Gasteiger partial charge in [0.05, 0.1) is 0 Å². The fourth-order valence-corrected chi connectivity index (χ4v) is 1.65. The van der Waals surface area contributed by atoms with Gasteiger partial charge in [-0.2, -0.15) is 11.8 Å². The molecule has 0 aromatic carbocycles. The highest BCUT2D eigenvalue weighted by atomic mass is 32.2. The summed E-state index contributed by atoms with van der Waals surface area (Å²) in [4.78, 5) is 17.5. The van der Waals surface area contributed by atoms with Gasteiger partial charge in [0.25, 0.3) is 0 Å². The van der Waals surface area contributed by atoms with Gasteiger partial charge in [-0.05, 0) is 25.3 Å². The summed E-state index contributed by atoms with van der Waals surface area (Å²) < 4.78 is 0. The van der Waals surface area contributed by atoms with Crippen molar-refractivity contribution in [1.82, 2.24) is 4.98 Å². The Kier molecular flexibility index (Phi) is 4.62. The first-order chi connectivity index (χ1) is 7.15. The van der Waals surface area contributed by atoms with Gasteiger partial charge in [-0.1, -0.05) is 0 Å². The normalized spacial score (nSPS) is 10.1. The van der Waals surface area contributed by atoms with Gasteiger partial charge < -0.3 is 4.90 Å². The second-order valence-corrected chi connectivity index (χ2v) is 4.36. The second kappa shape index (κ2) is 5.75. The lowest BCUT2D eigenvalue weighted by Gasteiger charge is -2.17. The summed E-state index contributed by atoms with van der Waals surface area (Å²) in [5.41, 5.74) is 0.719. The first-order valence-corrected chi connectivity index (χ1v) is 6.21. The Morgan fingerprint density at radius 3 is 2.93 bits per heavy atom. The topological polar surface area (TPSA) is 33.2 Å². The van der Waals surface area contributed by atoms with Crippen molar-refractivity contribution in [1.29, 1.82) is 0 Å². The molecule has 82 valence electrons. The molecule has 1 rings (SSSR count). The molecule has 3 nitrogen and oxygen atoms in total. The van der Waals surface area contributed by atoms with Crippen molar-refractivity contribution in [2.24, 2.45) is 0 Å². The SMILES string of the molecule is CSCCN(C)c1cc(C(C)=O)ccn1. The second-order valence-electron chi connectivity index (χ2n) is 3.37. The number of aromatic nitrogens is 1. The van der Waals surface area contributed by atoms with Gasteiger partial charge in [0.15, 0.2) is 5.78 Å². The molecule has 0 aliphatic rings. The van der Waals surface area contributed by atoms with Gasteiger partial charge in [-0.15, -0.1) is 0 Å². The lowest BCUT2D eigenvalue weighted by atomic mass is 10.2. The van der Waals surface area contributed by atoms with Crippen molar-refractivity contribution in [3.05, 3.63) is 23.9 Å². The van der Waals surface area contributed by atoms with E-state index in [0.29, 0.717) is 0 Å². The molecule has 15 heavy (non-hydrogen) atoms. The van der Waals surface area contributed by atoms with Gasteiger partial charge in [0.1, 0.15) is 5.82 Å². The Morgan fingerprint density at radius 1 is 1.60 bits per heavy atom. The molecule has 1 aromatic heterocycles. The molecule has 0 saturated carbocycles. The standard InChI is InChI=1S/C11H16N2OS/c1-9(14)10-4-5-12-11(8-10)13(2)6-7-15-3/h4-5,8H,6-7H2,1-3H3. The van der Waals surface area contributed by atoms with Crippen molar-refractivity contribution < 1.29 is 4.79 Å². The number of Topliss-reactive ketones (excluding diaryl/α,β-unsaturated/α-hetero) is 1. The van der Waals surface area contributed by atoms with Gasteiger partial charge in [-0.3, -0.25) is 4.79 Å². The Morgan fingerprint density at radius 2 is 2.33 bits per heavy atom. The van der Waals surface area contributed by atoms with E-state index >= 15 is 0 Å². The van der Waals surface area contributed by atoms with E-state index in [-0.39, 0.29) is 5.78 Å². The highest BCUT2D eigenvalue weighted by molar-refractivity contribution is 7.98. The number of thioether (sulfide) groups is 1. The third-order valence-electron chi connectivity index (χ3n) is 2.17. The average Bonchev–Trinajstić information content (AvgIpc) is 2.26. The minimum atomic E-state index is 0.0805. The Labute approximate surface area is 94.9 Å². The molecule has 0 spiro atoms. The largest absolute Gasteiger partial charge is 0.359 e. The molecular formula is C11H16N2OS. The maximum absolute atomic E-state index is 11.2. The highest BCUT2D eigenvalue weighted by Crippen LogP contribution is 2.11. The van der Waals surface area contributed by atoms with E-state index < -0.39 is 0 Å². The third kappa shape index (κ3) is 3.55. The van der Waals surface area contributed by atoms with Crippen LogP contribution in [0.5, 0.6) is 0 Å². The number of hydrogen-bond donors (Lipinski definition) is 0. The van der Waals surface area contributed by atoms with E-state index in [1.54, 1.807) is 30.9 Å². The number of hydrogen-bond acceptors (Lipinski definition) is 4. The van der Waals surface area contributed by atoms with Gasteiger partial charge in [-0.25, -0.2) is 4.98 Å². The molecule has 0 saturated heterocycles. The molecule has 0 aliphatic carbocycles. The van der Waals surface area contributed by atoms with Crippen LogP contribution >= 0.6 is 11.8 Å². The van der Waals surface area contributed by atoms with Gasteiger partial charge >= 0.3 is 0 Å². The van der Waals surface area contributed by atoms with Crippen LogP contribution in [0.1, 0.15) is 17.3 Å². The highest BCUT2D eigenvalue weighted by Gasteiger charge is 2.05. The average molecular weight is 224 g/mol. The Bertz CT molecular complexity index is 341. The molecular weight excluding hydrogens is 208 g/mol. The molecule has 1 heterocycles. The van der Waals surface area contributed by atoms with Crippen molar-refractivity contribution in [3.63, 3.8) is 0 Å². The summed E-state index contributed by atoms with van der Waals surface area (Å²) >= 11 is 1.80. The lowest BCUT2D eigenvalue weighted by molar-refractivity contribution is 0.101. The maximum atomic E-state index is 11.2. The fraction of sp³-hybridized carbons (Fsp3) is 0.455. The number of ketones is 1. The minimum absolute atomic E-state index is 0.0805. The number of nitrogens with zero attached hydrogens (tertiary/aromatic N) is 2. The number of anilines is 1. The molecule has 0 N–H and O–H groups in total. The molecule has 4 heteroatoms. The fourth-order valence-electron chi connectivity index (χ4n) is 1.19. The molecule has 1 aromatic rings. The third-order valence-corrected chi connectivity index (χ3v) is 2.76. The molecule has 0 fully saturated rings. The van der Waals surface area contributed by atoms with E-state index in [1.807, 2.05) is 13.1 Å². The Balaban J connectivity index is 2.76. The van der Waals surface area contributed by atoms with E-state index in [9.17, 15) is 4.79 Å². The minimum Gasteiger partial charge on any atom is -0.359 e. The van der Waals surface area contributed by atoms with Gasteiger partial charge in [0.2, 0.25) is 0 Å². The van der Waals surface area contributed by atoms with E-state index in [1.165, 1.54) is 0 Å². The molecule has 0 amide bonds. The van der Waals surface area contributed by atoms with Crippen LogP contribution in [0.3, 0.4) is 0 Å². The smallest absolute Gasteiger partial charge is 0.159 e. The zero-order valence-electron chi connectivity index (χ0n) is 9.36. The monoisotopic (exact) mass is 224 g/mol. The van der Waals surface area contributed by atoms with Crippen molar-refractivity contribution in [2.75, 3.05) is 30.5 Å². The van der Waals surface area contributed by atoms with E-state index in [0.717, 1.165) is 23.7 Å². The van der Waals surface area contributed by atoms with Crippen LogP contribution in [0.25, 0.3) is 0 Å². The van der Waals surface area contributed by atoms with Gasteiger partial charge in [0, 0.05) is 31.1 Å². The number of pyridine rings is 1. The summed E-state index contributed by atoms with van der Waals surface area (Å²) in [7, 11) is 1.99. The molecule has 0 atom stereocenters. The molecule has 0 radical (unpaired) electrons. The first kappa shape index (κ1) is 12.0. The summed E-state index contributed by atoms with van der Waals surface area (Å²) in [6, 6.07) is 3.58. The number of rotatable bonds is 5. The number of carbonyl (C=O) groups is 1. The van der Waals surface area contributed by atoms with Crippen LogP contribution in [0.15, 0.2) is 18.3 Å². The molecule has 0 bridgehead atoms.